The molecule has 0 radical (unpaired) electrons. The topological polar surface area (TPSA) is 47.9 Å². The molecule has 2 aromatic heterocycles. The molecule has 0 aromatic carbocycles. The van der Waals surface area contributed by atoms with Crippen LogP contribution in [-0.2, 0) is 6.42 Å². The molecule has 4 nitrogen and oxygen atoms in total. The molecule has 0 saturated carbocycles. The summed E-state index contributed by atoms with van der Waals surface area (Å²) >= 11 is 6.12. The van der Waals surface area contributed by atoms with E-state index in [1.165, 1.54) is 0 Å². The lowest BCUT2D eigenvalue weighted by Gasteiger charge is -2.09. The summed E-state index contributed by atoms with van der Waals surface area (Å²) in [6.07, 6.45) is 4.14. The van der Waals surface area contributed by atoms with Crippen LogP contribution < -0.4 is 4.74 Å². The van der Waals surface area contributed by atoms with Crippen molar-refractivity contribution in [2.45, 2.75) is 20.3 Å². The van der Waals surface area contributed by atoms with Gasteiger partial charge in [-0.15, -0.1) is 0 Å². The minimum Gasteiger partial charge on any atom is -0.495 e. The average molecular weight is 264 g/mol. The van der Waals surface area contributed by atoms with E-state index in [1.807, 2.05) is 19.9 Å². The van der Waals surface area contributed by atoms with Crippen LogP contribution in [0, 0.1) is 6.92 Å². The molecule has 0 aliphatic carbocycles. The Morgan fingerprint density at radius 2 is 2.06 bits per heavy atom. The number of nitrogens with zero attached hydrogens (tertiary/aromatic N) is 3. The predicted molar refractivity (Wildman–Crippen MR) is 70.9 cm³/mol. The number of pyridine rings is 1. The molecule has 0 unspecified atom stereocenters. The summed E-state index contributed by atoms with van der Waals surface area (Å²) < 4.78 is 5.16. The molecule has 0 fully saturated rings. The lowest BCUT2D eigenvalue weighted by atomic mass is 10.1. The number of aryl methyl sites for hydroxylation is 1. The summed E-state index contributed by atoms with van der Waals surface area (Å²) in [5, 5.41) is 0.486. The van der Waals surface area contributed by atoms with Crippen molar-refractivity contribution in [2.24, 2.45) is 0 Å². The van der Waals surface area contributed by atoms with Crippen LogP contribution in [0.5, 0.6) is 5.75 Å². The van der Waals surface area contributed by atoms with Crippen LogP contribution in [0.4, 0.5) is 0 Å². The minimum absolute atomic E-state index is 0.486. The molecule has 0 amide bonds. The second-order valence-corrected chi connectivity index (χ2v) is 4.23. The van der Waals surface area contributed by atoms with Crippen molar-refractivity contribution < 1.29 is 4.74 Å². The lowest BCUT2D eigenvalue weighted by Crippen LogP contribution is -2.00. The van der Waals surface area contributed by atoms with E-state index in [4.69, 9.17) is 16.3 Å². The van der Waals surface area contributed by atoms with Crippen LogP contribution in [0.1, 0.15) is 18.3 Å². The van der Waals surface area contributed by atoms with E-state index in [9.17, 15) is 0 Å². The van der Waals surface area contributed by atoms with Crippen LogP contribution in [0.2, 0.25) is 5.15 Å². The van der Waals surface area contributed by atoms with Gasteiger partial charge in [-0.2, -0.15) is 0 Å². The Morgan fingerprint density at radius 1 is 1.28 bits per heavy atom. The third-order valence-corrected chi connectivity index (χ3v) is 3.04. The van der Waals surface area contributed by atoms with E-state index < -0.39 is 0 Å². The van der Waals surface area contributed by atoms with Crippen molar-refractivity contribution in [3.8, 4) is 17.0 Å². The Labute approximate surface area is 111 Å². The summed E-state index contributed by atoms with van der Waals surface area (Å²) in [6.45, 7) is 3.89. The van der Waals surface area contributed by atoms with Crippen LogP contribution >= 0.6 is 11.6 Å². The number of rotatable bonds is 3. The molecule has 2 aromatic rings. The molecular weight excluding hydrogens is 250 g/mol. The molecule has 0 atom stereocenters. The van der Waals surface area contributed by atoms with E-state index in [2.05, 4.69) is 15.0 Å². The zero-order valence-electron chi connectivity index (χ0n) is 10.6. The Balaban J connectivity index is 2.58. The van der Waals surface area contributed by atoms with Gasteiger partial charge in [0.25, 0.3) is 0 Å². The molecular formula is C13H14ClN3O. The van der Waals surface area contributed by atoms with E-state index >= 15 is 0 Å². The van der Waals surface area contributed by atoms with E-state index in [0.717, 1.165) is 29.1 Å². The Kier molecular flexibility index (Phi) is 3.77. The second kappa shape index (κ2) is 5.31. The fraction of sp³-hybridized carbons (Fsp3) is 0.308. The zero-order valence-corrected chi connectivity index (χ0v) is 11.3. The molecule has 0 aliphatic rings. The smallest absolute Gasteiger partial charge is 0.137 e. The Hall–Kier alpha value is -1.68. The monoisotopic (exact) mass is 263 g/mol. The first kappa shape index (κ1) is 12.8. The molecule has 0 bridgehead atoms. The number of ether oxygens (including phenoxy) is 1. The van der Waals surface area contributed by atoms with Crippen LogP contribution in [0.25, 0.3) is 11.3 Å². The molecule has 5 heteroatoms. The quantitative estimate of drug-likeness (QED) is 0.799. The number of hydrogen-bond donors (Lipinski definition) is 0. The van der Waals surface area contributed by atoms with Crippen molar-refractivity contribution >= 4 is 11.6 Å². The van der Waals surface area contributed by atoms with Gasteiger partial charge in [-0.05, 0) is 13.0 Å². The van der Waals surface area contributed by atoms with Crippen LogP contribution in [-0.4, -0.2) is 22.1 Å². The Bertz CT molecular complexity index is 572. The summed E-state index contributed by atoms with van der Waals surface area (Å²) in [5.41, 5.74) is 2.54. The van der Waals surface area contributed by atoms with Crippen molar-refractivity contribution in [1.29, 1.82) is 0 Å². The summed E-state index contributed by atoms with van der Waals surface area (Å²) in [6, 6.07) is 1.89. The van der Waals surface area contributed by atoms with Gasteiger partial charge >= 0.3 is 0 Å². The molecule has 0 spiro atoms. The maximum atomic E-state index is 6.12. The zero-order chi connectivity index (χ0) is 13.1. The molecule has 94 valence electrons. The molecule has 18 heavy (non-hydrogen) atoms. The van der Waals surface area contributed by atoms with Gasteiger partial charge in [0, 0.05) is 23.7 Å². The van der Waals surface area contributed by atoms with Gasteiger partial charge in [0.1, 0.15) is 16.7 Å². The Morgan fingerprint density at radius 3 is 2.72 bits per heavy atom. The molecule has 2 heterocycles. The maximum absolute atomic E-state index is 6.12. The normalized spacial score (nSPS) is 10.4. The molecule has 2 rings (SSSR count). The van der Waals surface area contributed by atoms with Crippen molar-refractivity contribution in [3.63, 3.8) is 0 Å². The minimum atomic E-state index is 0.486. The van der Waals surface area contributed by atoms with Crippen LogP contribution in [0.3, 0.4) is 0 Å². The third kappa shape index (κ3) is 2.43. The summed E-state index contributed by atoms with van der Waals surface area (Å²) in [5.74, 6) is 1.42. The fourth-order valence-corrected chi connectivity index (χ4v) is 1.82. The molecule has 0 N–H and O–H groups in total. The SMILES string of the molecule is CCc1nc(Cl)c(C)c(-c2cncc(OC)c2)n1. The number of aromatic nitrogens is 3. The number of halogens is 1. The predicted octanol–water partition coefficient (Wildman–Crippen LogP) is 3.07. The lowest BCUT2D eigenvalue weighted by molar-refractivity contribution is 0.413. The van der Waals surface area contributed by atoms with Crippen molar-refractivity contribution in [1.82, 2.24) is 15.0 Å². The summed E-state index contributed by atoms with van der Waals surface area (Å²) in [4.78, 5) is 12.9. The van der Waals surface area contributed by atoms with E-state index in [0.29, 0.717) is 10.9 Å². The van der Waals surface area contributed by atoms with Gasteiger partial charge in [0.05, 0.1) is 19.0 Å². The standard InChI is InChI=1S/C13H14ClN3O/c1-4-11-16-12(8(2)13(14)17-11)9-5-10(18-3)7-15-6-9/h5-7H,4H2,1-3H3. The first-order valence-electron chi connectivity index (χ1n) is 5.68. The number of hydrogen-bond acceptors (Lipinski definition) is 4. The van der Waals surface area contributed by atoms with Gasteiger partial charge in [0.15, 0.2) is 0 Å². The largest absolute Gasteiger partial charge is 0.495 e. The second-order valence-electron chi connectivity index (χ2n) is 3.87. The summed E-state index contributed by atoms with van der Waals surface area (Å²) in [7, 11) is 1.61. The number of methoxy groups -OCH3 is 1. The van der Waals surface area contributed by atoms with Crippen molar-refractivity contribution in [2.75, 3.05) is 7.11 Å². The van der Waals surface area contributed by atoms with Gasteiger partial charge in [-0.1, -0.05) is 18.5 Å². The average Bonchev–Trinajstić information content (AvgIpc) is 2.41. The van der Waals surface area contributed by atoms with E-state index in [-0.39, 0.29) is 0 Å². The molecule has 0 saturated heterocycles. The third-order valence-electron chi connectivity index (χ3n) is 2.67. The first-order valence-corrected chi connectivity index (χ1v) is 6.06. The molecule has 0 aliphatic heterocycles. The van der Waals surface area contributed by atoms with Gasteiger partial charge < -0.3 is 4.74 Å². The highest BCUT2D eigenvalue weighted by Crippen LogP contribution is 2.27. The highest BCUT2D eigenvalue weighted by atomic mass is 35.5. The van der Waals surface area contributed by atoms with Gasteiger partial charge in [-0.3, -0.25) is 4.98 Å². The van der Waals surface area contributed by atoms with Crippen LogP contribution in [0.15, 0.2) is 18.5 Å². The van der Waals surface area contributed by atoms with Crippen molar-refractivity contribution in [3.05, 3.63) is 35.0 Å². The van der Waals surface area contributed by atoms with Gasteiger partial charge in [0.2, 0.25) is 0 Å². The van der Waals surface area contributed by atoms with E-state index in [1.54, 1.807) is 19.5 Å². The fourth-order valence-electron chi connectivity index (χ4n) is 1.63. The first-order chi connectivity index (χ1) is 8.65. The highest BCUT2D eigenvalue weighted by molar-refractivity contribution is 6.30. The highest BCUT2D eigenvalue weighted by Gasteiger charge is 2.11. The maximum Gasteiger partial charge on any atom is 0.137 e. The van der Waals surface area contributed by atoms with Gasteiger partial charge in [-0.25, -0.2) is 9.97 Å².